The van der Waals surface area contributed by atoms with Gasteiger partial charge in [-0.15, -0.1) is 0 Å². The van der Waals surface area contributed by atoms with Crippen molar-refractivity contribution in [2.45, 2.75) is 40.0 Å². The van der Waals surface area contributed by atoms with Crippen LogP contribution in [0, 0.1) is 0 Å². The van der Waals surface area contributed by atoms with E-state index in [2.05, 4.69) is 0 Å². The summed E-state index contributed by atoms with van der Waals surface area (Å²) in [5.74, 6) is 0.00958. The molecule has 2 aromatic rings. The molecule has 0 aliphatic heterocycles. The number of rotatable bonds is 0. The molecule has 0 spiro atoms. The van der Waals surface area contributed by atoms with Gasteiger partial charge in [-0.25, -0.2) is 0 Å². The summed E-state index contributed by atoms with van der Waals surface area (Å²) in [6, 6.07) is 7.75. The van der Waals surface area contributed by atoms with Crippen molar-refractivity contribution in [1.82, 2.24) is 4.57 Å². The van der Waals surface area contributed by atoms with Crippen LogP contribution in [0.15, 0.2) is 24.3 Å². The molecule has 1 aliphatic carbocycles. The minimum Gasteiger partial charge on any atom is -0.293 e. The highest BCUT2D eigenvalue weighted by Gasteiger charge is 2.26. The Labute approximate surface area is 113 Å². The fourth-order valence-corrected chi connectivity index (χ4v) is 2.72. The number of Topliss-reactive ketones (excluding diaryl/α,β-unsaturated/α-hetero) is 1. The number of fused-ring (bicyclic) bond motifs is 3. The van der Waals surface area contributed by atoms with Crippen LogP contribution in [0.2, 0.25) is 0 Å². The first kappa shape index (κ1) is 13.5. The average Bonchev–Trinajstić information content (AvgIpc) is 2.77. The molecule has 3 heteroatoms. The SMILES string of the molecule is CC.CC(=O)n1c2c(c3ccccc31)CCCC2=O. The van der Waals surface area contributed by atoms with Crippen molar-refractivity contribution < 1.29 is 9.59 Å². The van der Waals surface area contributed by atoms with E-state index in [1.165, 1.54) is 6.92 Å². The Kier molecular flexibility index (Phi) is 3.84. The van der Waals surface area contributed by atoms with Gasteiger partial charge < -0.3 is 0 Å². The summed E-state index contributed by atoms with van der Waals surface area (Å²) >= 11 is 0. The normalized spacial score (nSPS) is 13.7. The largest absolute Gasteiger partial charge is 0.293 e. The number of nitrogens with zero attached hydrogens (tertiary/aromatic N) is 1. The lowest BCUT2D eigenvalue weighted by Gasteiger charge is -2.12. The number of hydrogen-bond donors (Lipinski definition) is 0. The second-order valence-corrected chi connectivity index (χ2v) is 4.48. The molecule has 1 heterocycles. The molecule has 1 aromatic heterocycles. The van der Waals surface area contributed by atoms with Crippen molar-refractivity contribution in [1.29, 1.82) is 0 Å². The molecule has 100 valence electrons. The number of aryl methyl sites for hydroxylation is 1. The van der Waals surface area contributed by atoms with Crippen LogP contribution in [0.1, 0.15) is 54.5 Å². The molecule has 1 aliphatic rings. The first-order valence-electron chi connectivity index (χ1n) is 6.86. The predicted molar refractivity (Wildman–Crippen MR) is 76.9 cm³/mol. The second-order valence-electron chi connectivity index (χ2n) is 4.48. The molecule has 0 radical (unpaired) electrons. The highest BCUT2D eigenvalue weighted by molar-refractivity contribution is 6.08. The van der Waals surface area contributed by atoms with Crippen LogP contribution < -0.4 is 0 Å². The van der Waals surface area contributed by atoms with Crippen LogP contribution in [0.25, 0.3) is 10.9 Å². The van der Waals surface area contributed by atoms with Crippen molar-refractivity contribution in [2.24, 2.45) is 0 Å². The van der Waals surface area contributed by atoms with Gasteiger partial charge in [-0.05, 0) is 24.5 Å². The van der Waals surface area contributed by atoms with Gasteiger partial charge in [0.15, 0.2) is 5.78 Å². The number of aromatic nitrogens is 1. The van der Waals surface area contributed by atoms with Crippen LogP contribution >= 0.6 is 0 Å². The number of ketones is 1. The molecule has 3 nitrogen and oxygen atoms in total. The van der Waals surface area contributed by atoms with E-state index >= 15 is 0 Å². The number of para-hydroxylation sites is 1. The molecule has 1 aromatic carbocycles. The van der Waals surface area contributed by atoms with Crippen LogP contribution in [-0.2, 0) is 6.42 Å². The van der Waals surface area contributed by atoms with Crippen molar-refractivity contribution in [3.63, 3.8) is 0 Å². The molecular weight excluding hydrogens is 238 g/mol. The summed E-state index contributed by atoms with van der Waals surface area (Å²) in [5.41, 5.74) is 2.53. The Balaban J connectivity index is 0.000000637. The zero-order valence-corrected chi connectivity index (χ0v) is 11.7. The molecule has 0 fully saturated rings. The van der Waals surface area contributed by atoms with E-state index in [-0.39, 0.29) is 11.7 Å². The molecule has 0 amide bonds. The van der Waals surface area contributed by atoms with Crippen LogP contribution in [0.3, 0.4) is 0 Å². The van der Waals surface area contributed by atoms with E-state index < -0.39 is 0 Å². The van der Waals surface area contributed by atoms with Gasteiger partial charge in [-0.1, -0.05) is 32.0 Å². The number of carbonyl (C=O) groups is 2. The van der Waals surface area contributed by atoms with Crippen molar-refractivity contribution in [2.75, 3.05) is 0 Å². The maximum absolute atomic E-state index is 12.0. The lowest BCUT2D eigenvalue weighted by molar-refractivity contribution is 0.0899. The fourth-order valence-electron chi connectivity index (χ4n) is 2.72. The van der Waals surface area contributed by atoms with Gasteiger partial charge in [0.05, 0.1) is 11.2 Å². The maximum atomic E-state index is 12.0. The molecule has 3 rings (SSSR count). The van der Waals surface area contributed by atoms with Crippen molar-refractivity contribution >= 4 is 22.6 Å². The predicted octanol–water partition coefficient (Wildman–Crippen LogP) is 3.85. The Hall–Kier alpha value is -1.90. The summed E-state index contributed by atoms with van der Waals surface area (Å²) in [4.78, 5) is 23.8. The summed E-state index contributed by atoms with van der Waals surface area (Å²) in [7, 11) is 0. The fraction of sp³-hybridized carbons (Fsp3) is 0.375. The van der Waals surface area contributed by atoms with Crippen LogP contribution in [0.4, 0.5) is 0 Å². The monoisotopic (exact) mass is 257 g/mol. The molecule has 0 unspecified atom stereocenters. The number of benzene rings is 1. The second kappa shape index (κ2) is 5.39. The van der Waals surface area contributed by atoms with Crippen LogP contribution in [0.5, 0.6) is 0 Å². The highest BCUT2D eigenvalue weighted by atomic mass is 16.2. The van der Waals surface area contributed by atoms with Gasteiger partial charge >= 0.3 is 0 Å². The van der Waals surface area contributed by atoms with Crippen molar-refractivity contribution in [3.8, 4) is 0 Å². The van der Waals surface area contributed by atoms with Gasteiger partial charge in [-0.3, -0.25) is 14.2 Å². The molecule has 0 N–H and O–H groups in total. The topological polar surface area (TPSA) is 39.1 Å². The Morgan fingerprint density at radius 3 is 2.53 bits per heavy atom. The highest BCUT2D eigenvalue weighted by Crippen LogP contribution is 2.31. The third-order valence-corrected chi connectivity index (χ3v) is 3.39. The van der Waals surface area contributed by atoms with Gasteiger partial charge in [0.1, 0.15) is 0 Å². The molecule has 0 atom stereocenters. The summed E-state index contributed by atoms with van der Waals surface area (Å²) in [5, 5.41) is 1.05. The van der Waals surface area contributed by atoms with Gasteiger partial charge in [0, 0.05) is 18.7 Å². The zero-order chi connectivity index (χ0) is 14.0. The van der Waals surface area contributed by atoms with Crippen LogP contribution in [-0.4, -0.2) is 16.3 Å². The van der Waals surface area contributed by atoms with Gasteiger partial charge in [0.25, 0.3) is 0 Å². The minimum atomic E-state index is -0.0855. The Bertz CT molecular complexity index is 637. The quantitative estimate of drug-likeness (QED) is 0.719. The maximum Gasteiger partial charge on any atom is 0.228 e. The van der Waals surface area contributed by atoms with Gasteiger partial charge in [-0.2, -0.15) is 0 Å². The Morgan fingerprint density at radius 1 is 1.16 bits per heavy atom. The minimum absolute atomic E-state index is 0.0855. The van der Waals surface area contributed by atoms with E-state index in [0.717, 1.165) is 29.3 Å². The van der Waals surface area contributed by atoms with E-state index in [9.17, 15) is 9.59 Å². The van der Waals surface area contributed by atoms with Crippen molar-refractivity contribution in [3.05, 3.63) is 35.5 Å². The van der Waals surface area contributed by atoms with Gasteiger partial charge in [0.2, 0.25) is 5.91 Å². The summed E-state index contributed by atoms with van der Waals surface area (Å²) in [6.07, 6.45) is 2.33. The van der Waals surface area contributed by atoms with E-state index in [0.29, 0.717) is 12.1 Å². The molecule has 0 saturated heterocycles. The third-order valence-electron chi connectivity index (χ3n) is 3.39. The Morgan fingerprint density at radius 2 is 1.84 bits per heavy atom. The number of carbonyl (C=O) groups excluding carboxylic acids is 2. The summed E-state index contributed by atoms with van der Waals surface area (Å²) < 4.78 is 1.58. The first-order valence-corrected chi connectivity index (χ1v) is 6.86. The number of hydrogen-bond acceptors (Lipinski definition) is 2. The molecule has 19 heavy (non-hydrogen) atoms. The van der Waals surface area contributed by atoms with E-state index in [1.807, 2.05) is 38.1 Å². The molecule has 0 bridgehead atoms. The zero-order valence-electron chi connectivity index (χ0n) is 11.7. The summed E-state index contributed by atoms with van der Waals surface area (Å²) in [6.45, 7) is 5.51. The molecule has 0 saturated carbocycles. The lowest BCUT2D eigenvalue weighted by atomic mass is 9.94. The van der Waals surface area contributed by atoms with E-state index in [1.54, 1.807) is 4.57 Å². The lowest BCUT2D eigenvalue weighted by Crippen LogP contribution is -2.18. The third kappa shape index (κ3) is 2.09. The average molecular weight is 257 g/mol. The van der Waals surface area contributed by atoms with E-state index in [4.69, 9.17) is 0 Å². The first-order chi connectivity index (χ1) is 9.20. The standard InChI is InChI=1S/C14H13NO2.C2H6/c1-9(16)15-12-7-3-2-5-10(12)11-6-4-8-13(17)14(11)15;1-2/h2-3,5,7H,4,6,8H2,1H3;1-2H3. The smallest absolute Gasteiger partial charge is 0.228 e. The molecular formula is C16H19NO2.